The minimum absolute atomic E-state index is 0.0216. The Morgan fingerprint density at radius 3 is 2.22 bits per heavy atom. The Kier molecular flexibility index (Phi) is 10.7. The number of pyridine rings is 1. The summed E-state index contributed by atoms with van der Waals surface area (Å²) in [4.78, 5) is 42.3. The van der Waals surface area contributed by atoms with E-state index in [0.717, 1.165) is 27.3 Å². The fraction of sp³-hybridized carbons (Fsp3) is 0.355. The molecule has 0 saturated heterocycles. The van der Waals surface area contributed by atoms with E-state index < -0.39 is 29.7 Å². The van der Waals surface area contributed by atoms with Crippen molar-refractivity contribution in [3.05, 3.63) is 84.1 Å². The van der Waals surface area contributed by atoms with Gasteiger partial charge in [0.15, 0.2) is 0 Å². The van der Waals surface area contributed by atoms with Crippen LogP contribution in [0.2, 0.25) is 0 Å². The molecular weight excluding hydrogens is 560 g/mol. The van der Waals surface area contributed by atoms with E-state index in [9.17, 15) is 14.4 Å². The molecule has 10 heteroatoms. The Morgan fingerprint density at radius 1 is 0.927 bits per heavy atom. The van der Waals surface area contributed by atoms with Crippen molar-refractivity contribution in [3.8, 4) is 11.1 Å². The molecule has 0 spiro atoms. The van der Waals surface area contributed by atoms with Crippen molar-refractivity contribution in [2.45, 2.75) is 56.2 Å². The largest absolute Gasteiger partial charge is 0.465 e. The number of carbonyl (C=O) groups excluding carboxylic acids is 3. The Labute approximate surface area is 248 Å². The highest BCUT2D eigenvalue weighted by Crippen LogP contribution is 2.44. The molecule has 0 bridgehead atoms. The van der Waals surface area contributed by atoms with E-state index in [0.29, 0.717) is 5.75 Å². The molecule has 4 rings (SSSR count). The van der Waals surface area contributed by atoms with E-state index in [1.807, 2.05) is 54.6 Å². The van der Waals surface area contributed by atoms with Crippen molar-refractivity contribution in [2.75, 3.05) is 19.0 Å². The standard InChI is InChI=1S/C31H34N2O6S2/c1-31(2,3)39-29(35)26(15-16-28(34)37-18-19-40-41-27-14-8-9-17-32-27)33-30(36)38-20-25-23-12-6-4-10-21(23)22-11-5-7-13-24(22)25/h4-14,17,25-26H,15-16,18-20H2,1-3H3,(H,33,36). The van der Waals surface area contributed by atoms with E-state index in [2.05, 4.69) is 22.4 Å². The Bertz CT molecular complexity index is 1300. The van der Waals surface area contributed by atoms with E-state index in [1.54, 1.807) is 27.0 Å². The third-order valence-corrected chi connectivity index (χ3v) is 8.41. The zero-order valence-electron chi connectivity index (χ0n) is 23.3. The van der Waals surface area contributed by atoms with Crippen LogP contribution < -0.4 is 5.32 Å². The zero-order chi connectivity index (χ0) is 29.2. The van der Waals surface area contributed by atoms with Crippen LogP contribution in [-0.2, 0) is 23.8 Å². The van der Waals surface area contributed by atoms with Crippen molar-refractivity contribution < 1.29 is 28.6 Å². The summed E-state index contributed by atoms with van der Waals surface area (Å²) in [6, 6.07) is 20.7. The molecule has 1 amide bonds. The van der Waals surface area contributed by atoms with Crippen LogP contribution in [0.5, 0.6) is 0 Å². The summed E-state index contributed by atoms with van der Waals surface area (Å²) >= 11 is 0. The number of aromatic nitrogens is 1. The fourth-order valence-electron chi connectivity index (χ4n) is 4.43. The average Bonchev–Trinajstić information content (AvgIpc) is 3.27. The number of ether oxygens (including phenoxy) is 3. The Morgan fingerprint density at radius 2 is 1.59 bits per heavy atom. The molecule has 0 aliphatic heterocycles. The summed E-state index contributed by atoms with van der Waals surface area (Å²) in [5, 5.41) is 3.48. The number of alkyl carbamates (subject to hydrolysis) is 1. The number of amides is 1. The van der Waals surface area contributed by atoms with Gasteiger partial charge < -0.3 is 19.5 Å². The highest BCUT2D eigenvalue weighted by Gasteiger charge is 2.31. The van der Waals surface area contributed by atoms with E-state index in [-0.39, 0.29) is 32.0 Å². The number of esters is 2. The summed E-state index contributed by atoms with van der Waals surface area (Å²) in [7, 11) is 3.03. The topological polar surface area (TPSA) is 104 Å². The molecule has 1 unspecified atom stereocenters. The minimum atomic E-state index is -1.06. The second-order valence-electron chi connectivity index (χ2n) is 10.4. The van der Waals surface area contributed by atoms with E-state index >= 15 is 0 Å². The zero-order valence-corrected chi connectivity index (χ0v) is 25.0. The maximum Gasteiger partial charge on any atom is 0.407 e. The molecule has 1 atom stereocenters. The lowest BCUT2D eigenvalue weighted by atomic mass is 9.98. The first-order valence-corrected chi connectivity index (χ1v) is 15.7. The van der Waals surface area contributed by atoms with Gasteiger partial charge in [0.05, 0.1) is 0 Å². The van der Waals surface area contributed by atoms with Gasteiger partial charge in [0.25, 0.3) is 0 Å². The van der Waals surface area contributed by atoms with Crippen molar-refractivity contribution >= 4 is 39.6 Å². The highest BCUT2D eigenvalue weighted by molar-refractivity contribution is 8.76. The van der Waals surface area contributed by atoms with E-state index in [4.69, 9.17) is 14.2 Å². The molecule has 1 aliphatic carbocycles. The summed E-state index contributed by atoms with van der Waals surface area (Å²) in [6.07, 6.45) is 0.930. The molecule has 1 N–H and O–H groups in total. The molecule has 1 aromatic heterocycles. The first-order valence-electron chi connectivity index (χ1n) is 13.4. The van der Waals surface area contributed by atoms with Crippen molar-refractivity contribution in [2.24, 2.45) is 0 Å². The van der Waals surface area contributed by atoms with Gasteiger partial charge >= 0.3 is 18.0 Å². The molecule has 2 aromatic carbocycles. The SMILES string of the molecule is CC(C)(C)OC(=O)C(CCC(=O)OCCSSc1ccccn1)NC(=O)OCC1c2ccccc2-c2ccccc21. The second kappa shape index (κ2) is 14.4. The maximum absolute atomic E-state index is 12.9. The molecular formula is C31H34N2O6S2. The first-order chi connectivity index (χ1) is 19.7. The maximum atomic E-state index is 12.9. The predicted octanol–water partition coefficient (Wildman–Crippen LogP) is 6.39. The number of nitrogens with zero attached hydrogens (tertiary/aromatic N) is 1. The number of benzene rings is 2. The van der Waals surface area contributed by atoms with Crippen LogP contribution in [0.3, 0.4) is 0 Å². The number of carbonyl (C=O) groups is 3. The summed E-state index contributed by atoms with van der Waals surface area (Å²) in [5.41, 5.74) is 3.65. The number of hydrogen-bond donors (Lipinski definition) is 1. The molecule has 8 nitrogen and oxygen atoms in total. The third kappa shape index (κ3) is 8.99. The van der Waals surface area contributed by atoms with Gasteiger partial charge in [0, 0.05) is 24.3 Å². The van der Waals surface area contributed by atoms with Gasteiger partial charge in [-0.05, 0) is 72.4 Å². The summed E-state index contributed by atoms with van der Waals surface area (Å²) in [6.45, 7) is 5.55. The average molecular weight is 595 g/mol. The Balaban J connectivity index is 1.28. The van der Waals surface area contributed by atoms with Crippen LogP contribution in [0.15, 0.2) is 78.0 Å². The third-order valence-electron chi connectivity index (χ3n) is 6.18. The van der Waals surface area contributed by atoms with Crippen molar-refractivity contribution in [1.29, 1.82) is 0 Å². The first kappa shape index (κ1) is 30.5. The monoisotopic (exact) mass is 594 g/mol. The van der Waals surface area contributed by atoms with Gasteiger partial charge in [-0.2, -0.15) is 0 Å². The van der Waals surface area contributed by atoms with Gasteiger partial charge in [-0.3, -0.25) is 4.79 Å². The van der Waals surface area contributed by atoms with Crippen LogP contribution in [0.4, 0.5) is 4.79 Å². The Hall–Kier alpha value is -3.50. The van der Waals surface area contributed by atoms with Crippen LogP contribution in [-0.4, -0.2) is 53.6 Å². The number of fused-ring (bicyclic) bond motifs is 3. The van der Waals surface area contributed by atoms with Gasteiger partial charge in [0.2, 0.25) is 0 Å². The number of rotatable bonds is 12. The van der Waals surface area contributed by atoms with Crippen LogP contribution in [0.1, 0.15) is 50.7 Å². The summed E-state index contributed by atoms with van der Waals surface area (Å²) < 4.78 is 16.4. The highest BCUT2D eigenvalue weighted by atomic mass is 33.1. The van der Waals surface area contributed by atoms with Crippen LogP contribution in [0, 0.1) is 0 Å². The molecule has 216 valence electrons. The fourth-order valence-corrected chi connectivity index (χ4v) is 6.13. The molecule has 41 heavy (non-hydrogen) atoms. The summed E-state index contributed by atoms with van der Waals surface area (Å²) in [5.74, 6) is -0.630. The molecule has 1 aliphatic rings. The smallest absolute Gasteiger partial charge is 0.407 e. The molecule has 1 heterocycles. The van der Waals surface area contributed by atoms with E-state index in [1.165, 1.54) is 21.6 Å². The van der Waals surface area contributed by atoms with Crippen LogP contribution >= 0.6 is 21.6 Å². The van der Waals surface area contributed by atoms with Gasteiger partial charge in [-0.1, -0.05) is 65.4 Å². The predicted molar refractivity (Wildman–Crippen MR) is 161 cm³/mol. The lowest BCUT2D eigenvalue weighted by molar-refractivity contribution is -0.157. The number of nitrogens with one attached hydrogen (secondary N) is 1. The molecule has 0 radical (unpaired) electrons. The van der Waals surface area contributed by atoms with Gasteiger partial charge in [-0.15, -0.1) is 0 Å². The normalized spacial score (nSPS) is 13.0. The molecule has 0 saturated carbocycles. The number of hydrogen-bond acceptors (Lipinski definition) is 9. The lowest BCUT2D eigenvalue weighted by Gasteiger charge is -2.24. The molecule has 0 fully saturated rings. The minimum Gasteiger partial charge on any atom is -0.465 e. The quantitative estimate of drug-likeness (QED) is 0.110. The van der Waals surface area contributed by atoms with Crippen LogP contribution in [0.25, 0.3) is 11.1 Å². The molecule has 3 aromatic rings. The van der Waals surface area contributed by atoms with Gasteiger partial charge in [-0.25, -0.2) is 14.6 Å². The second-order valence-corrected chi connectivity index (χ2v) is 12.8. The van der Waals surface area contributed by atoms with Crippen molar-refractivity contribution in [3.63, 3.8) is 0 Å². The van der Waals surface area contributed by atoms with Gasteiger partial charge in [0.1, 0.15) is 29.9 Å². The lowest BCUT2D eigenvalue weighted by Crippen LogP contribution is -2.45. The van der Waals surface area contributed by atoms with Crippen molar-refractivity contribution in [1.82, 2.24) is 10.3 Å².